The van der Waals surface area contributed by atoms with Crippen molar-refractivity contribution in [3.8, 4) is 0 Å². The number of amides is 1. The molecule has 2 saturated heterocycles. The van der Waals surface area contributed by atoms with E-state index in [4.69, 9.17) is 15.1 Å². The summed E-state index contributed by atoms with van der Waals surface area (Å²) in [5, 5.41) is 1.76. The molecular weight excluding hydrogens is 472 g/mol. The van der Waals surface area contributed by atoms with Crippen molar-refractivity contribution < 1.29 is 9.21 Å². The number of thioether (sulfide) groups is 1. The van der Waals surface area contributed by atoms with E-state index >= 15 is 0 Å². The largest absolute Gasteiger partial charge is 0.423 e. The standard InChI is InChI=1S/C27H32N6O2S/c1-18-14-19(8-9-29-18)26-33(23(17-36-26)25(28)34)22-16-24-20(15-21(22)31-10-4-2-5-11-31)30-27(35-24)32-12-6-3-7-13-32/h8-9,14-17,26H,2-7,10-13H2,1H3,(H2,28,34). The second-order valence-corrected chi connectivity index (χ2v) is 10.8. The van der Waals surface area contributed by atoms with E-state index < -0.39 is 5.91 Å². The summed E-state index contributed by atoms with van der Waals surface area (Å²) < 4.78 is 6.32. The first kappa shape index (κ1) is 23.2. The Hall–Kier alpha value is -3.20. The van der Waals surface area contributed by atoms with Gasteiger partial charge in [0.2, 0.25) is 0 Å². The molecule has 3 aliphatic rings. The van der Waals surface area contributed by atoms with Crippen molar-refractivity contribution in [2.75, 3.05) is 40.9 Å². The molecule has 0 aliphatic carbocycles. The molecule has 2 N–H and O–H groups in total. The number of fused-ring (bicyclic) bond motifs is 1. The lowest BCUT2D eigenvalue weighted by Gasteiger charge is -2.35. The highest BCUT2D eigenvalue weighted by Gasteiger charge is 2.35. The second kappa shape index (κ2) is 9.69. The lowest BCUT2D eigenvalue weighted by atomic mass is 10.1. The van der Waals surface area contributed by atoms with Gasteiger partial charge in [-0.05, 0) is 69.2 Å². The number of benzene rings is 1. The lowest BCUT2D eigenvalue weighted by Crippen LogP contribution is -2.34. The number of aryl methyl sites for hydroxylation is 1. The first-order valence-corrected chi connectivity index (χ1v) is 13.8. The van der Waals surface area contributed by atoms with Crippen LogP contribution in [-0.4, -0.2) is 42.1 Å². The van der Waals surface area contributed by atoms with E-state index in [2.05, 4.69) is 37.9 Å². The Bertz CT molecular complexity index is 1310. The minimum absolute atomic E-state index is 0.125. The van der Waals surface area contributed by atoms with Gasteiger partial charge in [0, 0.05) is 49.5 Å². The molecule has 8 nitrogen and oxygen atoms in total. The molecule has 5 heterocycles. The SMILES string of the molecule is Cc1cc(C2SC=C(C(N)=O)N2c2cc3oc(N4CCCCC4)nc3cc2N2CCCCC2)ccn1. The first-order chi connectivity index (χ1) is 17.6. The Labute approximate surface area is 215 Å². The highest BCUT2D eigenvalue weighted by molar-refractivity contribution is 8.02. The van der Waals surface area contributed by atoms with Gasteiger partial charge in [-0.1, -0.05) is 0 Å². The summed E-state index contributed by atoms with van der Waals surface area (Å²) in [5.74, 6) is -0.438. The van der Waals surface area contributed by atoms with E-state index in [1.165, 1.54) is 12.8 Å². The molecule has 3 aromatic rings. The number of hydrogen-bond acceptors (Lipinski definition) is 8. The number of piperidine rings is 2. The smallest absolute Gasteiger partial charge is 0.298 e. The molecule has 3 aliphatic heterocycles. The molecule has 1 atom stereocenters. The number of hydrogen-bond donors (Lipinski definition) is 1. The molecule has 0 bridgehead atoms. The predicted molar refractivity (Wildman–Crippen MR) is 145 cm³/mol. The van der Waals surface area contributed by atoms with Crippen LogP contribution in [0.1, 0.15) is 55.2 Å². The number of nitrogens with two attached hydrogens (primary N) is 1. The van der Waals surface area contributed by atoms with Crippen molar-refractivity contribution >= 4 is 46.2 Å². The molecule has 1 aromatic carbocycles. The molecule has 9 heteroatoms. The van der Waals surface area contributed by atoms with Crippen LogP contribution in [0, 0.1) is 6.92 Å². The molecular formula is C27H32N6O2S. The summed E-state index contributed by atoms with van der Waals surface area (Å²) in [4.78, 5) is 28.6. The summed E-state index contributed by atoms with van der Waals surface area (Å²) in [6.07, 6.45) is 8.93. The molecule has 1 unspecified atom stereocenters. The highest BCUT2D eigenvalue weighted by Crippen LogP contribution is 2.49. The average Bonchev–Trinajstić information content (AvgIpc) is 3.53. The van der Waals surface area contributed by atoms with Crippen molar-refractivity contribution in [3.05, 3.63) is 52.8 Å². The summed E-state index contributed by atoms with van der Waals surface area (Å²) in [6.45, 7) is 5.88. The van der Waals surface area contributed by atoms with Crippen molar-refractivity contribution in [1.29, 1.82) is 0 Å². The van der Waals surface area contributed by atoms with E-state index in [0.29, 0.717) is 11.7 Å². The van der Waals surface area contributed by atoms with Crippen molar-refractivity contribution in [3.63, 3.8) is 0 Å². The van der Waals surface area contributed by atoms with Crippen molar-refractivity contribution in [1.82, 2.24) is 9.97 Å². The van der Waals surface area contributed by atoms with Crippen molar-refractivity contribution in [2.45, 2.75) is 50.8 Å². The Morgan fingerprint density at radius 3 is 2.42 bits per heavy atom. The van der Waals surface area contributed by atoms with E-state index in [1.54, 1.807) is 11.8 Å². The number of nitrogens with zero attached hydrogens (tertiary/aromatic N) is 5. The average molecular weight is 505 g/mol. The van der Waals surface area contributed by atoms with Gasteiger partial charge in [0.05, 0.1) is 11.4 Å². The topological polar surface area (TPSA) is 91.7 Å². The zero-order valence-electron chi connectivity index (χ0n) is 20.7. The minimum atomic E-state index is -0.438. The van der Waals surface area contributed by atoms with Gasteiger partial charge in [0.1, 0.15) is 16.6 Å². The number of carbonyl (C=O) groups is 1. The van der Waals surface area contributed by atoms with Gasteiger partial charge < -0.3 is 24.9 Å². The third-order valence-electron chi connectivity index (χ3n) is 7.32. The maximum atomic E-state index is 12.6. The summed E-state index contributed by atoms with van der Waals surface area (Å²) in [7, 11) is 0. The number of oxazole rings is 1. The van der Waals surface area contributed by atoms with Crippen molar-refractivity contribution in [2.24, 2.45) is 5.73 Å². The molecule has 2 aromatic heterocycles. The predicted octanol–water partition coefficient (Wildman–Crippen LogP) is 5.09. The fourth-order valence-corrected chi connectivity index (χ4v) is 6.64. The number of anilines is 3. The minimum Gasteiger partial charge on any atom is -0.423 e. The Balaban J connectivity index is 1.49. The third-order valence-corrected chi connectivity index (χ3v) is 8.42. The van der Waals surface area contributed by atoms with Gasteiger partial charge >= 0.3 is 0 Å². The highest BCUT2D eigenvalue weighted by atomic mass is 32.2. The normalized spacial score (nSPS) is 20.8. The molecule has 2 fully saturated rings. The van der Waals surface area contributed by atoms with Gasteiger partial charge in [-0.3, -0.25) is 9.78 Å². The van der Waals surface area contributed by atoms with Gasteiger partial charge in [0.15, 0.2) is 5.58 Å². The van der Waals surface area contributed by atoms with Crippen LogP contribution >= 0.6 is 11.8 Å². The van der Waals surface area contributed by atoms with Crippen LogP contribution in [0.15, 0.2) is 46.0 Å². The maximum absolute atomic E-state index is 12.6. The van der Waals surface area contributed by atoms with Crippen LogP contribution in [0.4, 0.5) is 17.4 Å². The maximum Gasteiger partial charge on any atom is 0.298 e. The number of primary amides is 1. The number of aromatic nitrogens is 2. The molecule has 188 valence electrons. The molecule has 6 rings (SSSR count). The van der Waals surface area contributed by atoms with Gasteiger partial charge in [-0.2, -0.15) is 4.98 Å². The van der Waals surface area contributed by atoms with Gasteiger partial charge in [-0.25, -0.2) is 0 Å². The molecule has 1 amide bonds. The first-order valence-electron chi connectivity index (χ1n) is 12.9. The quantitative estimate of drug-likeness (QED) is 0.514. The Morgan fingerprint density at radius 2 is 1.72 bits per heavy atom. The fraction of sp³-hybridized carbons (Fsp3) is 0.444. The zero-order chi connectivity index (χ0) is 24.6. The number of rotatable bonds is 5. The second-order valence-electron chi connectivity index (χ2n) is 9.86. The summed E-state index contributed by atoms with van der Waals surface area (Å²) >= 11 is 1.59. The molecule has 0 saturated carbocycles. The Kier molecular flexibility index (Phi) is 6.25. The Morgan fingerprint density at radius 1 is 1.00 bits per heavy atom. The lowest BCUT2D eigenvalue weighted by molar-refractivity contribution is -0.114. The monoisotopic (exact) mass is 504 g/mol. The summed E-state index contributed by atoms with van der Waals surface area (Å²) in [5.41, 5.74) is 12.0. The summed E-state index contributed by atoms with van der Waals surface area (Å²) in [6, 6.07) is 8.98. The van der Waals surface area contributed by atoms with E-state index in [9.17, 15) is 4.79 Å². The zero-order valence-corrected chi connectivity index (χ0v) is 21.5. The van der Waals surface area contributed by atoms with Crippen LogP contribution in [-0.2, 0) is 4.79 Å². The van der Waals surface area contributed by atoms with Crippen LogP contribution in [0.5, 0.6) is 0 Å². The van der Waals surface area contributed by atoms with Crippen LogP contribution in [0.3, 0.4) is 0 Å². The van der Waals surface area contributed by atoms with Gasteiger partial charge in [0.25, 0.3) is 11.9 Å². The van der Waals surface area contributed by atoms with Crippen LogP contribution in [0.2, 0.25) is 0 Å². The number of pyridine rings is 1. The van der Waals surface area contributed by atoms with Gasteiger partial charge in [-0.15, -0.1) is 11.8 Å². The molecule has 36 heavy (non-hydrogen) atoms. The van der Waals surface area contributed by atoms with E-state index in [-0.39, 0.29) is 5.37 Å². The van der Waals surface area contributed by atoms with Crippen LogP contribution < -0.4 is 20.4 Å². The fourth-order valence-electron chi connectivity index (χ4n) is 5.50. The molecule has 0 spiro atoms. The van der Waals surface area contributed by atoms with E-state index in [0.717, 1.165) is 85.6 Å². The molecule has 0 radical (unpaired) electrons. The number of carbonyl (C=O) groups excluding carboxylic acids is 1. The third kappa shape index (κ3) is 4.30. The van der Waals surface area contributed by atoms with E-state index in [1.807, 2.05) is 24.6 Å². The van der Waals surface area contributed by atoms with Crippen LogP contribution in [0.25, 0.3) is 11.1 Å².